The number of nitrogens with zero attached hydrogens (tertiary/aromatic N) is 1. The number of carbonyl (C=O) groups excluding carboxylic acids is 2. The third-order valence-electron chi connectivity index (χ3n) is 5.67. The van der Waals surface area contributed by atoms with Crippen molar-refractivity contribution in [2.75, 3.05) is 0 Å². The highest BCUT2D eigenvalue weighted by atomic mass is 16.7. The summed E-state index contributed by atoms with van der Waals surface area (Å²) >= 11 is 0. The third-order valence-corrected chi connectivity index (χ3v) is 5.67. The van der Waals surface area contributed by atoms with Crippen molar-refractivity contribution in [2.24, 2.45) is 0 Å². The summed E-state index contributed by atoms with van der Waals surface area (Å²) in [6.45, 7) is 3.27. The van der Waals surface area contributed by atoms with Crippen molar-refractivity contribution in [2.45, 2.75) is 44.9 Å². The van der Waals surface area contributed by atoms with Crippen LogP contribution in [0.3, 0.4) is 0 Å². The summed E-state index contributed by atoms with van der Waals surface area (Å²) in [5.74, 6) is -0.477. The molecule has 0 bridgehead atoms. The predicted octanol–water partition coefficient (Wildman–Crippen LogP) is 5.42. The Hall–Kier alpha value is -3.64. The lowest BCUT2D eigenvalue weighted by Gasteiger charge is -2.47. The first kappa shape index (κ1) is 22.6. The maximum Gasteiger partial charge on any atom is 0.411 e. The molecule has 3 aromatic rings. The van der Waals surface area contributed by atoms with E-state index in [0.29, 0.717) is 0 Å². The zero-order chi connectivity index (χ0) is 23.2. The van der Waals surface area contributed by atoms with E-state index >= 15 is 0 Å². The van der Waals surface area contributed by atoms with E-state index < -0.39 is 36.5 Å². The van der Waals surface area contributed by atoms with Gasteiger partial charge in [0, 0.05) is 6.92 Å². The molecule has 1 aliphatic heterocycles. The fraction of sp³-hybridized carbons (Fsp3) is 0.259. The minimum Gasteiger partial charge on any atom is -0.445 e. The number of hydrogen-bond acceptors (Lipinski definition) is 5. The second-order valence-electron chi connectivity index (χ2n) is 7.99. The predicted molar refractivity (Wildman–Crippen MR) is 123 cm³/mol. The molecule has 1 fully saturated rings. The van der Waals surface area contributed by atoms with Crippen molar-refractivity contribution < 1.29 is 23.8 Å². The van der Waals surface area contributed by atoms with E-state index in [1.807, 2.05) is 91.0 Å². The first-order valence-corrected chi connectivity index (χ1v) is 11.0. The maximum absolute atomic E-state index is 13.5. The van der Waals surface area contributed by atoms with E-state index in [1.165, 1.54) is 6.92 Å². The Morgan fingerprint density at radius 3 is 1.97 bits per heavy atom. The van der Waals surface area contributed by atoms with Gasteiger partial charge in [-0.1, -0.05) is 91.0 Å². The highest BCUT2D eigenvalue weighted by Crippen LogP contribution is 2.44. The van der Waals surface area contributed by atoms with Gasteiger partial charge >= 0.3 is 12.1 Å². The van der Waals surface area contributed by atoms with Crippen LogP contribution in [0.2, 0.25) is 0 Å². The molecular formula is C27H27NO5. The minimum absolute atomic E-state index is 0.138. The molecule has 6 heteroatoms. The lowest BCUT2D eigenvalue weighted by atomic mass is 9.91. The summed E-state index contributed by atoms with van der Waals surface area (Å²) < 4.78 is 17.5. The SMILES string of the molecule is CC(=O)O[C@H]1OC(c2ccccc2)[C@H](c2ccccc2)N(C(=O)OCc2ccccc2)[C@@H]1C. The Labute approximate surface area is 193 Å². The van der Waals surface area contributed by atoms with Gasteiger partial charge in [-0.05, 0) is 23.6 Å². The van der Waals surface area contributed by atoms with Crippen molar-refractivity contribution in [1.29, 1.82) is 0 Å². The van der Waals surface area contributed by atoms with E-state index in [1.54, 1.807) is 11.8 Å². The molecule has 1 aliphatic rings. The summed E-state index contributed by atoms with van der Waals surface area (Å²) in [5.41, 5.74) is 2.66. The number of rotatable bonds is 5. The smallest absolute Gasteiger partial charge is 0.411 e. The molecule has 0 aromatic heterocycles. The number of hydrogen-bond donors (Lipinski definition) is 0. The van der Waals surface area contributed by atoms with Gasteiger partial charge in [0.15, 0.2) is 0 Å². The molecule has 6 nitrogen and oxygen atoms in total. The van der Waals surface area contributed by atoms with Crippen LogP contribution in [0.15, 0.2) is 91.0 Å². The van der Waals surface area contributed by atoms with Crippen LogP contribution in [0.5, 0.6) is 0 Å². The zero-order valence-electron chi connectivity index (χ0n) is 18.7. The van der Waals surface area contributed by atoms with Crippen molar-refractivity contribution >= 4 is 12.1 Å². The lowest BCUT2D eigenvalue weighted by Crippen LogP contribution is -2.56. The standard InChI is InChI=1S/C27H27NO5/c1-19-26(32-20(2)29)33-25(23-16-10-5-11-17-23)24(22-14-8-4-9-15-22)28(19)27(30)31-18-21-12-6-3-7-13-21/h3-17,19,24-26H,18H2,1-2H3/t19-,24+,25?,26+/m1/s1. The Bertz CT molecular complexity index is 1060. The van der Waals surface area contributed by atoms with E-state index in [0.717, 1.165) is 16.7 Å². The number of benzene rings is 3. The van der Waals surface area contributed by atoms with Gasteiger partial charge in [0.1, 0.15) is 12.7 Å². The summed E-state index contributed by atoms with van der Waals surface area (Å²) in [6, 6.07) is 27.8. The molecule has 0 spiro atoms. The fourth-order valence-corrected chi connectivity index (χ4v) is 4.12. The number of amides is 1. The molecule has 4 rings (SSSR count). The summed E-state index contributed by atoms with van der Waals surface area (Å²) in [6.07, 6.45) is -1.99. The molecule has 4 atom stereocenters. The third kappa shape index (κ3) is 5.23. The van der Waals surface area contributed by atoms with Gasteiger partial charge in [-0.3, -0.25) is 9.69 Å². The number of morpholine rings is 1. The van der Waals surface area contributed by atoms with Crippen molar-refractivity contribution in [3.63, 3.8) is 0 Å². The van der Waals surface area contributed by atoms with Crippen LogP contribution >= 0.6 is 0 Å². The maximum atomic E-state index is 13.5. The second-order valence-corrected chi connectivity index (χ2v) is 7.99. The summed E-state index contributed by atoms with van der Waals surface area (Å²) in [7, 11) is 0. The molecule has 1 saturated heterocycles. The van der Waals surface area contributed by atoms with Crippen LogP contribution in [0.4, 0.5) is 4.79 Å². The van der Waals surface area contributed by atoms with Gasteiger partial charge < -0.3 is 14.2 Å². The van der Waals surface area contributed by atoms with Gasteiger partial charge in [0.2, 0.25) is 6.29 Å². The molecule has 0 saturated carbocycles. The molecule has 0 aliphatic carbocycles. The monoisotopic (exact) mass is 445 g/mol. The van der Waals surface area contributed by atoms with Gasteiger partial charge in [-0.2, -0.15) is 0 Å². The van der Waals surface area contributed by atoms with Crippen LogP contribution in [-0.4, -0.2) is 29.3 Å². The Morgan fingerprint density at radius 1 is 0.848 bits per heavy atom. The highest BCUT2D eigenvalue weighted by molar-refractivity contribution is 5.70. The largest absolute Gasteiger partial charge is 0.445 e. The van der Waals surface area contributed by atoms with Crippen molar-refractivity contribution in [1.82, 2.24) is 4.90 Å². The number of carbonyl (C=O) groups is 2. The molecule has 3 aromatic carbocycles. The first-order chi connectivity index (χ1) is 16.0. The normalized spacial score (nSPS) is 22.4. The Balaban J connectivity index is 1.72. The average Bonchev–Trinajstić information content (AvgIpc) is 2.85. The molecule has 0 radical (unpaired) electrons. The minimum atomic E-state index is -0.933. The molecular weight excluding hydrogens is 418 g/mol. The average molecular weight is 446 g/mol. The van der Waals surface area contributed by atoms with Crippen LogP contribution < -0.4 is 0 Å². The lowest BCUT2D eigenvalue weighted by molar-refractivity contribution is -0.242. The summed E-state index contributed by atoms with van der Waals surface area (Å²) in [4.78, 5) is 26.9. The topological polar surface area (TPSA) is 65.1 Å². The molecule has 1 amide bonds. The molecule has 1 unspecified atom stereocenters. The molecule has 0 N–H and O–H groups in total. The van der Waals surface area contributed by atoms with Crippen LogP contribution in [0, 0.1) is 0 Å². The van der Waals surface area contributed by atoms with Crippen molar-refractivity contribution in [3.05, 3.63) is 108 Å². The number of esters is 1. The van der Waals surface area contributed by atoms with E-state index in [2.05, 4.69) is 0 Å². The fourth-order valence-electron chi connectivity index (χ4n) is 4.12. The van der Waals surface area contributed by atoms with E-state index in [-0.39, 0.29) is 6.61 Å². The van der Waals surface area contributed by atoms with Gasteiger partial charge in [-0.25, -0.2) is 4.79 Å². The van der Waals surface area contributed by atoms with Gasteiger partial charge in [0.05, 0.1) is 12.1 Å². The molecule has 170 valence electrons. The first-order valence-electron chi connectivity index (χ1n) is 11.0. The van der Waals surface area contributed by atoms with Crippen molar-refractivity contribution in [3.8, 4) is 0 Å². The number of ether oxygens (including phenoxy) is 3. The van der Waals surface area contributed by atoms with E-state index in [4.69, 9.17) is 14.2 Å². The van der Waals surface area contributed by atoms with Gasteiger partial charge in [0.25, 0.3) is 0 Å². The summed E-state index contributed by atoms with van der Waals surface area (Å²) in [5, 5.41) is 0. The second kappa shape index (κ2) is 10.3. The van der Waals surface area contributed by atoms with Crippen LogP contribution in [0.25, 0.3) is 0 Å². The van der Waals surface area contributed by atoms with Crippen LogP contribution in [0.1, 0.15) is 42.7 Å². The van der Waals surface area contributed by atoms with Crippen LogP contribution in [-0.2, 0) is 25.6 Å². The molecule has 1 heterocycles. The van der Waals surface area contributed by atoms with Gasteiger partial charge in [-0.15, -0.1) is 0 Å². The Kier molecular flexibility index (Phi) is 7.05. The molecule has 33 heavy (non-hydrogen) atoms. The van der Waals surface area contributed by atoms with E-state index in [9.17, 15) is 9.59 Å². The zero-order valence-corrected chi connectivity index (χ0v) is 18.7. The highest BCUT2D eigenvalue weighted by Gasteiger charge is 2.47. The quantitative estimate of drug-likeness (QED) is 0.491. The Morgan fingerprint density at radius 2 is 1.39 bits per heavy atom.